The van der Waals surface area contributed by atoms with Gasteiger partial charge in [0.2, 0.25) is 0 Å². The van der Waals surface area contributed by atoms with Gasteiger partial charge >= 0.3 is 0 Å². The topological polar surface area (TPSA) is 75.4 Å². The average Bonchev–Trinajstić information content (AvgIpc) is 2.81. The molecule has 0 fully saturated rings. The zero-order valence-electron chi connectivity index (χ0n) is 15.0. The fourth-order valence-electron chi connectivity index (χ4n) is 3.08. The molecule has 3 N–H and O–H groups in total. The number of carbonyl (C=O) groups is 2. The summed E-state index contributed by atoms with van der Waals surface area (Å²) in [4.78, 5) is 27.2. The highest BCUT2D eigenvalue weighted by Crippen LogP contribution is 2.33. The van der Waals surface area contributed by atoms with E-state index in [0.29, 0.717) is 18.8 Å². The zero-order chi connectivity index (χ0) is 18.7. The zero-order valence-corrected chi connectivity index (χ0v) is 15.0. The summed E-state index contributed by atoms with van der Waals surface area (Å²) >= 11 is 0. The van der Waals surface area contributed by atoms with Gasteiger partial charge in [0.05, 0.1) is 11.2 Å². The van der Waals surface area contributed by atoms with Crippen molar-refractivity contribution in [2.45, 2.75) is 32.5 Å². The van der Waals surface area contributed by atoms with Crippen LogP contribution in [0.15, 0.2) is 71.9 Å². The number of benzene rings is 2. The molecule has 5 nitrogen and oxygen atoms in total. The minimum atomic E-state index is -0.716. The van der Waals surface area contributed by atoms with Gasteiger partial charge in [-0.15, -0.1) is 0 Å². The molecular weight excluding hydrogens is 326 g/mol. The number of amides is 2. The molecule has 1 aliphatic heterocycles. The van der Waals surface area contributed by atoms with Crippen molar-refractivity contribution in [2.75, 3.05) is 0 Å². The average molecular weight is 349 g/mol. The van der Waals surface area contributed by atoms with Crippen LogP contribution in [0.4, 0.5) is 0 Å². The Bertz CT molecular complexity index is 842. The number of carbonyl (C=O) groups excluding carboxylic acids is 2. The maximum absolute atomic E-state index is 12.9. The molecule has 26 heavy (non-hydrogen) atoms. The van der Waals surface area contributed by atoms with Gasteiger partial charge < -0.3 is 16.0 Å². The van der Waals surface area contributed by atoms with Crippen molar-refractivity contribution in [3.05, 3.63) is 83.1 Å². The molecule has 0 aliphatic carbocycles. The fraction of sp³-hybridized carbons (Fsp3) is 0.238. The van der Waals surface area contributed by atoms with E-state index in [-0.39, 0.29) is 11.5 Å². The Hall–Kier alpha value is -3.08. The Kier molecular flexibility index (Phi) is 4.80. The van der Waals surface area contributed by atoms with E-state index in [9.17, 15) is 9.59 Å². The fourth-order valence-corrected chi connectivity index (χ4v) is 3.08. The van der Waals surface area contributed by atoms with Crippen molar-refractivity contribution in [3.8, 4) is 0 Å². The largest absolute Gasteiger partial charge is 0.399 e. The van der Waals surface area contributed by atoms with E-state index in [1.165, 1.54) is 0 Å². The van der Waals surface area contributed by atoms with Gasteiger partial charge in [-0.1, -0.05) is 60.7 Å². The molecule has 134 valence electrons. The Morgan fingerprint density at radius 3 is 2.12 bits per heavy atom. The second kappa shape index (κ2) is 7.04. The quantitative estimate of drug-likeness (QED) is 0.814. The smallest absolute Gasteiger partial charge is 0.262 e. The van der Waals surface area contributed by atoms with Crippen LogP contribution in [0.2, 0.25) is 0 Å². The molecule has 0 aromatic heterocycles. The highest BCUT2D eigenvalue weighted by molar-refractivity contribution is 6.21. The molecule has 3 rings (SSSR count). The van der Waals surface area contributed by atoms with Gasteiger partial charge in [0.25, 0.3) is 11.8 Å². The number of hydrogen-bond acceptors (Lipinski definition) is 3. The molecule has 0 radical (unpaired) electrons. The molecule has 0 spiro atoms. The highest BCUT2D eigenvalue weighted by Gasteiger charge is 2.46. The monoisotopic (exact) mass is 349 g/mol. The number of nitrogens with two attached hydrogens (primary N) is 1. The molecule has 5 heteroatoms. The van der Waals surface area contributed by atoms with Crippen LogP contribution in [0, 0.1) is 0 Å². The lowest BCUT2D eigenvalue weighted by molar-refractivity contribution is -0.131. The van der Waals surface area contributed by atoms with Gasteiger partial charge in [0.1, 0.15) is 5.57 Å². The lowest BCUT2D eigenvalue weighted by Gasteiger charge is -2.33. The van der Waals surface area contributed by atoms with Crippen LogP contribution in [-0.2, 0) is 22.7 Å². The molecule has 2 aromatic carbocycles. The van der Waals surface area contributed by atoms with Crippen molar-refractivity contribution >= 4 is 11.8 Å². The van der Waals surface area contributed by atoms with Crippen LogP contribution in [0.5, 0.6) is 0 Å². The molecule has 0 saturated carbocycles. The molecule has 0 saturated heterocycles. The first-order valence-corrected chi connectivity index (χ1v) is 8.59. The van der Waals surface area contributed by atoms with Crippen LogP contribution in [0.1, 0.15) is 25.0 Å². The molecular formula is C21H23N3O2. The van der Waals surface area contributed by atoms with Crippen molar-refractivity contribution in [1.82, 2.24) is 10.2 Å². The maximum Gasteiger partial charge on any atom is 0.262 e. The van der Waals surface area contributed by atoms with Gasteiger partial charge in [-0.3, -0.25) is 9.59 Å². The van der Waals surface area contributed by atoms with Gasteiger partial charge in [-0.25, -0.2) is 0 Å². The SMILES string of the molecule is CC1(C)C(N)=C(C(=O)NCc2ccccc2)C(=O)N1Cc1ccccc1. The molecule has 0 atom stereocenters. The van der Waals surface area contributed by atoms with Crippen LogP contribution in [-0.4, -0.2) is 22.3 Å². The van der Waals surface area contributed by atoms with E-state index in [0.717, 1.165) is 11.1 Å². The third kappa shape index (κ3) is 3.33. The van der Waals surface area contributed by atoms with Crippen molar-refractivity contribution in [3.63, 3.8) is 0 Å². The number of hydrogen-bond donors (Lipinski definition) is 2. The van der Waals surface area contributed by atoms with Crippen molar-refractivity contribution in [1.29, 1.82) is 0 Å². The van der Waals surface area contributed by atoms with Gasteiger partial charge in [-0.05, 0) is 25.0 Å². The normalized spacial score (nSPS) is 16.1. The molecule has 1 heterocycles. The first-order chi connectivity index (χ1) is 12.4. The molecule has 2 amide bonds. The minimum absolute atomic E-state index is 0.0434. The lowest BCUT2D eigenvalue weighted by atomic mass is 9.99. The minimum Gasteiger partial charge on any atom is -0.399 e. The van der Waals surface area contributed by atoms with E-state index in [2.05, 4.69) is 5.32 Å². The first kappa shape index (κ1) is 17.7. The maximum atomic E-state index is 12.9. The Morgan fingerprint density at radius 2 is 1.54 bits per heavy atom. The predicted molar refractivity (Wildman–Crippen MR) is 101 cm³/mol. The predicted octanol–water partition coefficient (Wildman–Crippen LogP) is 2.34. The van der Waals surface area contributed by atoms with Gasteiger partial charge in [0, 0.05) is 13.1 Å². The van der Waals surface area contributed by atoms with Gasteiger partial charge in [-0.2, -0.15) is 0 Å². The van der Waals surface area contributed by atoms with E-state index >= 15 is 0 Å². The summed E-state index contributed by atoms with van der Waals surface area (Å²) in [5, 5.41) is 2.80. The van der Waals surface area contributed by atoms with E-state index in [1.807, 2.05) is 74.5 Å². The van der Waals surface area contributed by atoms with Crippen LogP contribution in [0.3, 0.4) is 0 Å². The second-order valence-corrected chi connectivity index (χ2v) is 6.89. The van der Waals surface area contributed by atoms with Crippen molar-refractivity contribution < 1.29 is 9.59 Å². The van der Waals surface area contributed by atoms with Crippen molar-refractivity contribution in [2.24, 2.45) is 5.73 Å². The summed E-state index contributed by atoms with van der Waals surface area (Å²) < 4.78 is 0. The third-order valence-electron chi connectivity index (χ3n) is 4.77. The third-order valence-corrected chi connectivity index (χ3v) is 4.77. The summed E-state index contributed by atoms with van der Waals surface area (Å²) in [7, 11) is 0. The highest BCUT2D eigenvalue weighted by atomic mass is 16.2. The summed E-state index contributed by atoms with van der Waals surface area (Å²) in [5.41, 5.74) is 7.81. The van der Waals surface area contributed by atoms with E-state index in [4.69, 9.17) is 5.73 Å². The van der Waals surface area contributed by atoms with Crippen LogP contribution < -0.4 is 11.1 Å². The summed E-state index contributed by atoms with van der Waals surface area (Å²) in [6.45, 7) is 4.48. The van der Waals surface area contributed by atoms with Gasteiger partial charge in [0.15, 0.2) is 0 Å². The molecule has 0 bridgehead atoms. The number of rotatable bonds is 5. The molecule has 2 aromatic rings. The van der Waals surface area contributed by atoms with Crippen LogP contribution >= 0.6 is 0 Å². The summed E-state index contributed by atoms with van der Waals surface area (Å²) in [6, 6.07) is 19.2. The Balaban J connectivity index is 1.77. The summed E-state index contributed by atoms with van der Waals surface area (Å²) in [6.07, 6.45) is 0. The summed E-state index contributed by atoms with van der Waals surface area (Å²) in [5.74, 6) is -0.762. The second-order valence-electron chi connectivity index (χ2n) is 6.89. The van der Waals surface area contributed by atoms with Crippen LogP contribution in [0.25, 0.3) is 0 Å². The first-order valence-electron chi connectivity index (χ1n) is 8.59. The lowest BCUT2D eigenvalue weighted by Crippen LogP contribution is -2.44. The standard InChI is InChI=1S/C21H23N3O2/c1-21(2)18(22)17(19(25)23-13-15-9-5-3-6-10-15)20(26)24(21)14-16-11-7-4-8-12-16/h3-12H,13-14,22H2,1-2H3,(H,23,25). The van der Waals surface area contributed by atoms with E-state index in [1.54, 1.807) is 4.90 Å². The van der Waals surface area contributed by atoms with E-state index < -0.39 is 11.4 Å². The Morgan fingerprint density at radius 1 is 1.00 bits per heavy atom. The number of nitrogens with zero attached hydrogens (tertiary/aromatic N) is 1. The Labute approximate surface area is 153 Å². The molecule has 1 aliphatic rings. The number of nitrogens with one attached hydrogen (secondary N) is 1. The molecule has 0 unspecified atom stereocenters.